The summed E-state index contributed by atoms with van der Waals surface area (Å²) in [5.41, 5.74) is 2.32. The van der Waals surface area contributed by atoms with Crippen molar-refractivity contribution in [1.29, 1.82) is 0 Å². The summed E-state index contributed by atoms with van der Waals surface area (Å²) in [7, 11) is 0. The van der Waals surface area contributed by atoms with Crippen LogP contribution in [0.25, 0.3) is 0 Å². The summed E-state index contributed by atoms with van der Waals surface area (Å²) in [6.07, 6.45) is 2.58. The molecule has 1 amide bonds. The fourth-order valence-electron chi connectivity index (χ4n) is 2.64. The first-order valence-electron chi connectivity index (χ1n) is 6.90. The molecule has 0 fully saturated rings. The zero-order chi connectivity index (χ0) is 13.9. The predicted molar refractivity (Wildman–Crippen MR) is 76.2 cm³/mol. The molecule has 2 heterocycles. The van der Waals surface area contributed by atoms with E-state index in [-0.39, 0.29) is 18.0 Å². The van der Waals surface area contributed by atoms with E-state index in [1.54, 1.807) is 6.26 Å². The molecule has 2 N–H and O–H groups in total. The molecule has 2 unspecified atom stereocenters. The highest BCUT2D eigenvalue weighted by atomic mass is 16.3. The maximum atomic E-state index is 12.5. The molecule has 1 aromatic heterocycles. The molecular formula is C16H18N2O2. The van der Waals surface area contributed by atoms with E-state index < -0.39 is 0 Å². The van der Waals surface area contributed by atoms with Crippen LogP contribution in [0.3, 0.4) is 0 Å². The molecule has 1 aliphatic heterocycles. The molecule has 0 aliphatic carbocycles. The first-order valence-corrected chi connectivity index (χ1v) is 6.90. The van der Waals surface area contributed by atoms with Crippen LogP contribution in [0.15, 0.2) is 47.1 Å². The van der Waals surface area contributed by atoms with Crippen molar-refractivity contribution < 1.29 is 9.21 Å². The second kappa shape index (κ2) is 5.51. The van der Waals surface area contributed by atoms with Gasteiger partial charge in [0.05, 0.1) is 12.3 Å². The number of hydrogen-bond acceptors (Lipinski definition) is 3. The van der Waals surface area contributed by atoms with Gasteiger partial charge in [-0.2, -0.15) is 0 Å². The number of hydrogen-bond donors (Lipinski definition) is 2. The third kappa shape index (κ3) is 2.47. The number of carbonyl (C=O) groups is 1. The van der Waals surface area contributed by atoms with E-state index in [2.05, 4.69) is 16.7 Å². The van der Waals surface area contributed by atoms with Crippen LogP contribution in [0.1, 0.15) is 35.9 Å². The van der Waals surface area contributed by atoms with Gasteiger partial charge in [-0.05, 0) is 36.6 Å². The fraction of sp³-hybridized carbons (Fsp3) is 0.312. The average molecular weight is 270 g/mol. The van der Waals surface area contributed by atoms with Crippen molar-refractivity contribution in [1.82, 2.24) is 10.6 Å². The second-order valence-electron chi connectivity index (χ2n) is 5.08. The monoisotopic (exact) mass is 270 g/mol. The van der Waals surface area contributed by atoms with Gasteiger partial charge >= 0.3 is 0 Å². The molecule has 4 heteroatoms. The molecule has 0 spiro atoms. The standard InChI is InChI=1S/C16H18N2O2/c1-11(14-7-4-10-20-14)18-16(19)15-13-6-3-2-5-12(13)8-9-17-15/h2-7,10-11,15,17H,8-9H2,1H3,(H,18,19). The maximum absolute atomic E-state index is 12.5. The Bertz CT molecular complexity index is 592. The fourth-order valence-corrected chi connectivity index (χ4v) is 2.64. The lowest BCUT2D eigenvalue weighted by Gasteiger charge is -2.27. The van der Waals surface area contributed by atoms with Gasteiger partial charge in [-0.25, -0.2) is 0 Å². The van der Waals surface area contributed by atoms with Crippen molar-refractivity contribution in [2.24, 2.45) is 0 Å². The van der Waals surface area contributed by atoms with Gasteiger partial charge < -0.3 is 15.1 Å². The third-order valence-electron chi connectivity index (χ3n) is 3.70. The molecule has 3 rings (SSSR count). The normalized spacial score (nSPS) is 19.1. The van der Waals surface area contributed by atoms with E-state index in [1.807, 2.05) is 37.3 Å². The molecule has 0 radical (unpaired) electrons. The summed E-state index contributed by atoms with van der Waals surface area (Å²) in [6, 6.07) is 11.4. The predicted octanol–water partition coefficient (Wildman–Crippen LogP) is 2.34. The summed E-state index contributed by atoms with van der Waals surface area (Å²) in [6.45, 7) is 2.75. The van der Waals surface area contributed by atoms with E-state index in [1.165, 1.54) is 5.56 Å². The van der Waals surface area contributed by atoms with Gasteiger partial charge in [0.2, 0.25) is 5.91 Å². The lowest BCUT2D eigenvalue weighted by molar-refractivity contribution is -0.124. The lowest BCUT2D eigenvalue weighted by Crippen LogP contribution is -2.42. The van der Waals surface area contributed by atoms with Crippen LogP contribution in [0, 0.1) is 0 Å². The van der Waals surface area contributed by atoms with Crippen molar-refractivity contribution in [3.8, 4) is 0 Å². The van der Waals surface area contributed by atoms with Gasteiger partial charge in [-0.3, -0.25) is 4.79 Å². The average Bonchev–Trinajstić information content (AvgIpc) is 3.01. The van der Waals surface area contributed by atoms with Crippen LogP contribution < -0.4 is 10.6 Å². The number of nitrogens with one attached hydrogen (secondary N) is 2. The molecule has 1 aliphatic rings. The molecule has 0 saturated carbocycles. The van der Waals surface area contributed by atoms with E-state index in [0.29, 0.717) is 0 Å². The van der Waals surface area contributed by atoms with Crippen molar-refractivity contribution >= 4 is 5.91 Å². The zero-order valence-corrected chi connectivity index (χ0v) is 11.4. The highest BCUT2D eigenvalue weighted by molar-refractivity contribution is 5.84. The minimum absolute atomic E-state index is 0.0129. The van der Waals surface area contributed by atoms with E-state index in [0.717, 1.165) is 24.3 Å². The van der Waals surface area contributed by atoms with Gasteiger partial charge in [0.1, 0.15) is 11.8 Å². The quantitative estimate of drug-likeness (QED) is 0.900. The summed E-state index contributed by atoms with van der Waals surface area (Å²) >= 11 is 0. The molecular weight excluding hydrogens is 252 g/mol. The van der Waals surface area contributed by atoms with E-state index in [9.17, 15) is 4.79 Å². The Labute approximate surface area is 118 Å². The van der Waals surface area contributed by atoms with Crippen LogP contribution in [0.4, 0.5) is 0 Å². The topological polar surface area (TPSA) is 54.3 Å². The van der Waals surface area contributed by atoms with Crippen molar-refractivity contribution in [3.63, 3.8) is 0 Å². The number of carbonyl (C=O) groups excluding carboxylic acids is 1. The Morgan fingerprint density at radius 2 is 2.20 bits per heavy atom. The van der Waals surface area contributed by atoms with Gasteiger partial charge in [0, 0.05) is 6.54 Å². The van der Waals surface area contributed by atoms with Gasteiger partial charge in [-0.1, -0.05) is 24.3 Å². The van der Waals surface area contributed by atoms with Crippen LogP contribution in [0.5, 0.6) is 0 Å². The Morgan fingerprint density at radius 3 is 3.00 bits per heavy atom. The van der Waals surface area contributed by atoms with Gasteiger partial charge in [0.15, 0.2) is 0 Å². The molecule has 1 aromatic carbocycles. The van der Waals surface area contributed by atoms with E-state index >= 15 is 0 Å². The van der Waals surface area contributed by atoms with Gasteiger partial charge in [0.25, 0.3) is 0 Å². The summed E-state index contributed by atoms with van der Waals surface area (Å²) < 4.78 is 5.32. The van der Waals surface area contributed by atoms with Crippen LogP contribution in [-0.2, 0) is 11.2 Å². The van der Waals surface area contributed by atoms with E-state index in [4.69, 9.17) is 4.42 Å². The molecule has 104 valence electrons. The number of amides is 1. The number of rotatable bonds is 3. The number of fused-ring (bicyclic) bond motifs is 1. The second-order valence-corrected chi connectivity index (χ2v) is 5.08. The Morgan fingerprint density at radius 1 is 1.35 bits per heavy atom. The largest absolute Gasteiger partial charge is 0.467 e. The Kier molecular flexibility index (Phi) is 3.56. The molecule has 0 saturated heterocycles. The van der Waals surface area contributed by atoms with Crippen molar-refractivity contribution in [3.05, 3.63) is 59.5 Å². The maximum Gasteiger partial charge on any atom is 0.242 e. The minimum Gasteiger partial charge on any atom is -0.467 e. The van der Waals surface area contributed by atoms with Crippen molar-refractivity contribution in [2.75, 3.05) is 6.54 Å². The number of furan rings is 1. The lowest BCUT2D eigenvalue weighted by atomic mass is 9.94. The molecule has 0 bridgehead atoms. The highest BCUT2D eigenvalue weighted by Gasteiger charge is 2.27. The SMILES string of the molecule is CC(NC(=O)C1NCCc2ccccc21)c1ccco1. The molecule has 2 atom stereocenters. The zero-order valence-electron chi connectivity index (χ0n) is 11.4. The highest BCUT2D eigenvalue weighted by Crippen LogP contribution is 2.23. The Hall–Kier alpha value is -2.07. The summed E-state index contributed by atoms with van der Waals surface area (Å²) in [5.74, 6) is 0.753. The van der Waals surface area contributed by atoms with Crippen LogP contribution in [0.2, 0.25) is 0 Å². The molecule has 20 heavy (non-hydrogen) atoms. The number of benzene rings is 1. The Balaban J connectivity index is 1.75. The summed E-state index contributed by atoms with van der Waals surface area (Å²) in [5, 5.41) is 6.28. The van der Waals surface area contributed by atoms with Crippen LogP contribution >= 0.6 is 0 Å². The summed E-state index contributed by atoms with van der Waals surface area (Å²) in [4.78, 5) is 12.5. The third-order valence-corrected chi connectivity index (χ3v) is 3.70. The first-order chi connectivity index (χ1) is 9.75. The van der Waals surface area contributed by atoms with Crippen LogP contribution in [-0.4, -0.2) is 12.5 Å². The molecule has 2 aromatic rings. The molecule has 4 nitrogen and oxygen atoms in total. The smallest absolute Gasteiger partial charge is 0.242 e. The minimum atomic E-state index is -0.280. The first kappa shape index (κ1) is 12.9. The van der Waals surface area contributed by atoms with Crippen molar-refractivity contribution in [2.45, 2.75) is 25.4 Å². The van der Waals surface area contributed by atoms with Gasteiger partial charge in [-0.15, -0.1) is 0 Å².